The molecule has 51 heavy (non-hydrogen) atoms. The fourth-order valence-electron chi connectivity index (χ4n) is 6.46. The first-order valence-electron chi connectivity index (χ1n) is 20.7. The van der Waals surface area contributed by atoms with Gasteiger partial charge in [-0.05, 0) is 106 Å². The van der Waals surface area contributed by atoms with E-state index in [1.165, 1.54) is 0 Å². The predicted molar refractivity (Wildman–Crippen MR) is 211 cm³/mol. The summed E-state index contributed by atoms with van der Waals surface area (Å²) in [7, 11) is 0. The van der Waals surface area contributed by atoms with E-state index in [-0.39, 0.29) is 34.4 Å². The largest absolute Gasteiger partial charge is 0.507 e. The molecule has 0 radical (unpaired) electrons. The maximum absolute atomic E-state index is 11.2. The van der Waals surface area contributed by atoms with Crippen LogP contribution in [0.2, 0.25) is 0 Å². The van der Waals surface area contributed by atoms with Crippen LogP contribution < -0.4 is 0 Å². The van der Waals surface area contributed by atoms with Gasteiger partial charge in [-0.3, -0.25) is 9.55 Å². The molecular weight excluding hydrogens is 623 g/mol. The number of phenols is 1. The van der Waals surface area contributed by atoms with Gasteiger partial charge in [0.05, 0.1) is 34.8 Å². The lowest BCUT2D eigenvalue weighted by atomic mass is 9.83. The lowest BCUT2D eigenvalue weighted by Gasteiger charge is -2.22. The number of aryl methyl sites for hydroxylation is 1. The summed E-state index contributed by atoms with van der Waals surface area (Å²) in [4.78, 5) is 9.89. The zero-order valence-corrected chi connectivity index (χ0v) is 28.4. The third kappa shape index (κ3) is 6.10. The fourth-order valence-corrected chi connectivity index (χ4v) is 6.46. The smallest absolute Gasteiger partial charge is 0.149 e. The average Bonchev–Trinajstić information content (AvgIpc) is 3.61. The monoisotopic (exact) mass is 669 g/mol. The summed E-state index contributed by atoms with van der Waals surface area (Å²) in [6.45, 7) is 3.81. The highest BCUT2D eigenvalue weighted by molar-refractivity contribution is 5.97. The summed E-state index contributed by atoms with van der Waals surface area (Å²) in [5, 5.41) is 11.2. The number of nitrogens with zero attached hydrogens (tertiary/aromatic N) is 3. The maximum atomic E-state index is 11.2. The Kier molecular flexibility index (Phi) is 6.06. The SMILES string of the molecule is [2H]c1c([2H])c([2H])c(-c2ccnc(-c3cc(-c4cccc5c4nc(-c4ccccc4O)n5-c4ccc(-c5ccccc5)cc4C([2H])([2H])[2H])cc(C(C)(C)C)c3)c2)c([2H])c1[2H]. The molecule has 2 heterocycles. The van der Waals surface area contributed by atoms with Crippen molar-refractivity contribution in [3.05, 3.63) is 169 Å². The molecule has 1 N–H and O–H groups in total. The topological polar surface area (TPSA) is 50.9 Å². The minimum Gasteiger partial charge on any atom is -0.507 e. The van der Waals surface area contributed by atoms with Crippen LogP contribution in [-0.2, 0) is 5.41 Å². The lowest BCUT2D eigenvalue weighted by molar-refractivity contribution is 0.477. The van der Waals surface area contributed by atoms with Crippen molar-refractivity contribution in [2.24, 2.45) is 0 Å². The van der Waals surface area contributed by atoms with Crippen LogP contribution in [0, 0.1) is 6.85 Å². The number of para-hydroxylation sites is 2. The molecular formula is C47H39N3O. The van der Waals surface area contributed by atoms with Crippen LogP contribution in [0.4, 0.5) is 0 Å². The second-order valence-corrected chi connectivity index (χ2v) is 13.5. The highest BCUT2D eigenvalue weighted by Crippen LogP contribution is 2.40. The van der Waals surface area contributed by atoms with E-state index in [1.807, 2.05) is 71.3 Å². The first-order valence-corrected chi connectivity index (χ1v) is 16.7. The highest BCUT2D eigenvalue weighted by Gasteiger charge is 2.23. The molecule has 0 aliphatic rings. The van der Waals surface area contributed by atoms with Crippen LogP contribution in [0.25, 0.3) is 72.7 Å². The van der Waals surface area contributed by atoms with Crippen LogP contribution in [0.5, 0.6) is 5.75 Å². The number of pyridine rings is 1. The van der Waals surface area contributed by atoms with Gasteiger partial charge >= 0.3 is 0 Å². The highest BCUT2D eigenvalue weighted by atomic mass is 16.3. The van der Waals surface area contributed by atoms with E-state index >= 15 is 0 Å². The van der Waals surface area contributed by atoms with E-state index in [4.69, 9.17) is 20.9 Å². The molecule has 6 aromatic carbocycles. The van der Waals surface area contributed by atoms with E-state index in [0.29, 0.717) is 39.4 Å². The average molecular weight is 670 g/mol. The Morgan fingerprint density at radius 1 is 0.647 bits per heavy atom. The Morgan fingerprint density at radius 3 is 2.18 bits per heavy atom. The van der Waals surface area contributed by atoms with Gasteiger partial charge in [0.1, 0.15) is 11.6 Å². The van der Waals surface area contributed by atoms with E-state index < -0.39 is 25.0 Å². The molecule has 0 aliphatic carbocycles. The summed E-state index contributed by atoms with van der Waals surface area (Å²) in [5.41, 5.74) is 7.82. The number of hydrogen-bond acceptors (Lipinski definition) is 3. The number of aromatic nitrogens is 3. The Labute approximate surface area is 310 Å². The van der Waals surface area contributed by atoms with Crippen molar-refractivity contribution in [3.8, 4) is 67.5 Å². The molecule has 0 unspecified atom stereocenters. The quantitative estimate of drug-likeness (QED) is 0.192. The molecule has 0 amide bonds. The first kappa shape index (κ1) is 24.0. The van der Waals surface area contributed by atoms with Crippen LogP contribution in [0.15, 0.2) is 158 Å². The number of fused-ring (bicyclic) bond motifs is 1. The molecule has 8 aromatic rings. The van der Waals surface area contributed by atoms with Gasteiger partial charge in [-0.25, -0.2) is 4.98 Å². The third-order valence-corrected chi connectivity index (χ3v) is 9.13. The fraction of sp³-hybridized carbons (Fsp3) is 0.106. The van der Waals surface area contributed by atoms with Crippen molar-refractivity contribution in [2.45, 2.75) is 33.0 Å². The molecule has 2 aromatic heterocycles. The minimum absolute atomic E-state index is 0.0102. The van der Waals surface area contributed by atoms with Crippen LogP contribution in [0.1, 0.15) is 42.9 Å². The minimum atomic E-state index is -2.50. The molecule has 0 atom stereocenters. The molecule has 0 aliphatic heterocycles. The normalized spacial score (nSPS) is 14.1. The van der Waals surface area contributed by atoms with E-state index in [9.17, 15) is 5.11 Å². The van der Waals surface area contributed by atoms with Crippen LogP contribution >= 0.6 is 0 Å². The Bertz CT molecular complexity index is 2900. The van der Waals surface area contributed by atoms with Gasteiger partial charge in [0.15, 0.2) is 0 Å². The molecule has 0 fully saturated rings. The van der Waals surface area contributed by atoms with E-state index in [2.05, 4.69) is 26.8 Å². The summed E-state index contributed by atoms with van der Waals surface area (Å²) >= 11 is 0. The van der Waals surface area contributed by atoms with Crippen molar-refractivity contribution < 1.29 is 16.1 Å². The summed E-state index contributed by atoms with van der Waals surface area (Å²) in [6, 6.07) is 35.2. The van der Waals surface area contributed by atoms with Gasteiger partial charge in [-0.2, -0.15) is 0 Å². The molecule has 4 nitrogen and oxygen atoms in total. The van der Waals surface area contributed by atoms with Gasteiger partial charge in [0.25, 0.3) is 0 Å². The van der Waals surface area contributed by atoms with E-state index in [0.717, 1.165) is 33.4 Å². The molecule has 0 saturated carbocycles. The summed E-state index contributed by atoms with van der Waals surface area (Å²) in [6.07, 6.45) is 1.57. The van der Waals surface area contributed by atoms with Gasteiger partial charge < -0.3 is 5.11 Å². The second kappa shape index (κ2) is 12.9. The van der Waals surface area contributed by atoms with Crippen LogP contribution in [0.3, 0.4) is 0 Å². The molecule has 0 spiro atoms. The number of rotatable bonds is 6. The van der Waals surface area contributed by atoms with Crippen molar-refractivity contribution in [2.75, 3.05) is 0 Å². The Morgan fingerprint density at radius 2 is 1.39 bits per heavy atom. The second-order valence-electron chi connectivity index (χ2n) is 13.5. The van der Waals surface area contributed by atoms with Gasteiger partial charge in [0.2, 0.25) is 0 Å². The van der Waals surface area contributed by atoms with E-state index in [1.54, 1.807) is 54.7 Å². The van der Waals surface area contributed by atoms with Crippen molar-refractivity contribution in [1.29, 1.82) is 0 Å². The summed E-state index contributed by atoms with van der Waals surface area (Å²) in [5.74, 6) is 0.354. The standard InChI is InChI=1S/C47H39N3O/c1-31-26-34(32-14-7-5-8-15-32)22-23-42(31)50-43-20-13-19-39(45(43)49-46(50)40-18-11-12-21-44(40)51)36-27-37(29-38(28-36)47(2,3)4)41-30-35(24-25-48-41)33-16-9-6-10-17-33/h5-30,51H,1-4H3/i1D3,6D,9D,10D,16D,17D. The Hall–Kier alpha value is -6.26. The predicted octanol–water partition coefficient (Wildman–Crippen LogP) is 12.1. The number of imidazole rings is 1. The first-order chi connectivity index (χ1) is 28.0. The number of benzene rings is 6. The molecule has 248 valence electrons. The number of aromatic hydroxyl groups is 1. The zero-order valence-electron chi connectivity index (χ0n) is 36.4. The van der Waals surface area contributed by atoms with Crippen molar-refractivity contribution in [1.82, 2.24) is 14.5 Å². The van der Waals surface area contributed by atoms with Crippen molar-refractivity contribution in [3.63, 3.8) is 0 Å². The van der Waals surface area contributed by atoms with Gasteiger partial charge in [0, 0.05) is 21.4 Å². The van der Waals surface area contributed by atoms with Crippen molar-refractivity contribution >= 4 is 11.0 Å². The summed E-state index contributed by atoms with van der Waals surface area (Å²) < 4.78 is 69.6. The Balaban J connectivity index is 1.37. The zero-order chi connectivity index (χ0) is 42.0. The molecule has 0 bridgehead atoms. The molecule has 8 rings (SSSR count). The number of phenolic OH excluding ortho intramolecular Hbond substituents is 1. The third-order valence-electron chi connectivity index (χ3n) is 9.13. The van der Waals surface area contributed by atoms with Crippen LogP contribution in [-0.4, -0.2) is 19.6 Å². The molecule has 4 heteroatoms. The lowest BCUT2D eigenvalue weighted by Crippen LogP contribution is -2.11. The maximum Gasteiger partial charge on any atom is 0.149 e. The van der Waals surface area contributed by atoms with Gasteiger partial charge in [-0.15, -0.1) is 0 Å². The molecule has 0 saturated heterocycles. The van der Waals surface area contributed by atoms with Gasteiger partial charge in [-0.1, -0.05) is 118 Å². The number of hydrogen-bond donors (Lipinski definition) is 1.